The summed E-state index contributed by atoms with van der Waals surface area (Å²) in [5, 5.41) is 3.29. The molecule has 3 heteroatoms. The van der Waals surface area contributed by atoms with Crippen LogP contribution in [-0.2, 0) is 11.2 Å². The lowest BCUT2D eigenvalue weighted by molar-refractivity contribution is 0.117. The van der Waals surface area contributed by atoms with Gasteiger partial charge < -0.3 is 10.1 Å². The third kappa shape index (κ3) is 7.09. The highest BCUT2D eigenvalue weighted by molar-refractivity contribution is 9.10. The molecule has 19 heavy (non-hydrogen) atoms. The molecule has 1 aromatic carbocycles. The Kier molecular flexibility index (Phi) is 9.14. The molecule has 0 radical (unpaired) electrons. The molecule has 108 valence electrons. The molecule has 0 fully saturated rings. The molecule has 1 rings (SSSR count). The summed E-state index contributed by atoms with van der Waals surface area (Å²) in [6.45, 7) is 5.01. The summed E-state index contributed by atoms with van der Waals surface area (Å²) in [4.78, 5) is 0. The Morgan fingerprint density at radius 2 is 2.05 bits per heavy atom. The first-order valence-electron chi connectivity index (χ1n) is 7.23. The third-order valence-corrected chi connectivity index (χ3v) is 4.05. The summed E-state index contributed by atoms with van der Waals surface area (Å²) in [6.07, 6.45) is 4.59. The van der Waals surface area contributed by atoms with Gasteiger partial charge in [0.25, 0.3) is 0 Å². The van der Waals surface area contributed by atoms with Gasteiger partial charge in [0.15, 0.2) is 0 Å². The van der Waals surface area contributed by atoms with Crippen molar-refractivity contribution in [2.24, 2.45) is 5.92 Å². The molecule has 0 saturated heterocycles. The van der Waals surface area contributed by atoms with Gasteiger partial charge in [-0.3, -0.25) is 0 Å². The molecule has 1 aromatic rings. The Bertz CT molecular complexity index is 343. The van der Waals surface area contributed by atoms with E-state index in [1.165, 1.54) is 22.9 Å². The molecule has 0 amide bonds. The van der Waals surface area contributed by atoms with Gasteiger partial charge in [0.1, 0.15) is 0 Å². The second-order valence-electron chi connectivity index (χ2n) is 4.97. The monoisotopic (exact) mass is 327 g/mol. The minimum absolute atomic E-state index is 0.630. The molecule has 1 atom stereocenters. The van der Waals surface area contributed by atoms with Gasteiger partial charge in [-0.25, -0.2) is 0 Å². The summed E-state index contributed by atoms with van der Waals surface area (Å²) in [7, 11) is 2.02. The average Bonchev–Trinajstić information content (AvgIpc) is 2.41. The van der Waals surface area contributed by atoms with E-state index in [-0.39, 0.29) is 0 Å². The maximum atomic E-state index is 5.68. The molecule has 0 saturated carbocycles. The summed E-state index contributed by atoms with van der Waals surface area (Å²) < 4.78 is 6.89. The van der Waals surface area contributed by atoms with Crippen molar-refractivity contribution < 1.29 is 4.74 Å². The summed E-state index contributed by atoms with van der Waals surface area (Å²) >= 11 is 3.63. The zero-order valence-electron chi connectivity index (χ0n) is 12.1. The first-order chi connectivity index (χ1) is 9.27. The van der Waals surface area contributed by atoms with Crippen molar-refractivity contribution in [3.63, 3.8) is 0 Å². The van der Waals surface area contributed by atoms with E-state index in [2.05, 4.69) is 52.4 Å². The van der Waals surface area contributed by atoms with Crippen molar-refractivity contribution >= 4 is 15.9 Å². The zero-order valence-corrected chi connectivity index (χ0v) is 13.7. The number of hydrogen-bond acceptors (Lipinski definition) is 2. The van der Waals surface area contributed by atoms with Crippen LogP contribution >= 0.6 is 15.9 Å². The molecule has 0 aliphatic rings. The Morgan fingerprint density at radius 1 is 1.26 bits per heavy atom. The van der Waals surface area contributed by atoms with Gasteiger partial charge in [-0.05, 0) is 50.4 Å². The summed E-state index contributed by atoms with van der Waals surface area (Å²) in [6, 6.07) is 8.48. The van der Waals surface area contributed by atoms with Crippen molar-refractivity contribution in [1.82, 2.24) is 5.32 Å². The zero-order chi connectivity index (χ0) is 13.9. The van der Waals surface area contributed by atoms with Crippen LogP contribution in [0.3, 0.4) is 0 Å². The van der Waals surface area contributed by atoms with E-state index >= 15 is 0 Å². The molecule has 0 aliphatic heterocycles. The molecule has 0 aliphatic carbocycles. The maximum Gasteiger partial charge on any atom is 0.0469 e. The van der Waals surface area contributed by atoms with Gasteiger partial charge in [0.2, 0.25) is 0 Å². The van der Waals surface area contributed by atoms with Crippen LogP contribution in [0.4, 0.5) is 0 Å². The average molecular weight is 328 g/mol. The lowest BCUT2D eigenvalue weighted by Gasteiger charge is -2.17. The fourth-order valence-electron chi connectivity index (χ4n) is 2.14. The first kappa shape index (κ1) is 16.7. The van der Waals surface area contributed by atoms with E-state index in [0.717, 1.165) is 32.6 Å². The summed E-state index contributed by atoms with van der Waals surface area (Å²) in [5.41, 5.74) is 1.39. The van der Waals surface area contributed by atoms with Crippen LogP contribution in [0.5, 0.6) is 0 Å². The lowest BCUT2D eigenvalue weighted by atomic mass is 9.96. The quantitative estimate of drug-likeness (QED) is 0.655. The predicted molar refractivity (Wildman–Crippen MR) is 85.6 cm³/mol. The van der Waals surface area contributed by atoms with E-state index in [1.807, 2.05) is 7.05 Å². The Morgan fingerprint density at radius 3 is 2.74 bits per heavy atom. The van der Waals surface area contributed by atoms with Crippen LogP contribution in [0.1, 0.15) is 31.7 Å². The Balaban J connectivity index is 2.37. The summed E-state index contributed by atoms with van der Waals surface area (Å²) in [5.74, 6) is 0.630. The minimum atomic E-state index is 0.630. The van der Waals surface area contributed by atoms with Gasteiger partial charge in [0.05, 0.1) is 0 Å². The number of unbranched alkanes of at least 4 members (excludes halogenated alkanes) is 1. The van der Waals surface area contributed by atoms with Gasteiger partial charge in [-0.1, -0.05) is 47.5 Å². The number of halogens is 1. The van der Waals surface area contributed by atoms with Crippen molar-refractivity contribution in [3.8, 4) is 0 Å². The Hall–Kier alpha value is -0.380. The van der Waals surface area contributed by atoms with Crippen LogP contribution in [0, 0.1) is 5.92 Å². The molecular formula is C16H26BrNO. The van der Waals surface area contributed by atoms with E-state index in [4.69, 9.17) is 4.74 Å². The second kappa shape index (κ2) is 10.4. The van der Waals surface area contributed by atoms with Crippen molar-refractivity contribution in [2.45, 2.75) is 32.6 Å². The highest BCUT2D eigenvalue weighted by Gasteiger charge is 2.10. The van der Waals surface area contributed by atoms with Crippen LogP contribution in [-0.4, -0.2) is 26.8 Å². The lowest BCUT2D eigenvalue weighted by Crippen LogP contribution is -2.22. The molecule has 2 nitrogen and oxygen atoms in total. The van der Waals surface area contributed by atoms with E-state index in [9.17, 15) is 0 Å². The number of rotatable bonds is 10. The molecule has 0 heterocycles. The standard InChI is InChI=1S/C16H26BrNO/c1-3-4-10-19-11-9-14(13-18-2)12-15-7-5-6-8-16(15)17/h5-8,14,18H,3-4,9-13H2,1-2H3. The van der Waals surface area contributed by atoms with Crippen molar-refractivity contribution in [3.05, 3.63) is 34.3 Å². The molecule has 0 spiro atoms. The van der Waals surface area contributed by atoms with E-state index in [0.29, 0.717) is 5.92 Å². The number of benzene rings is 1. The molecule has 0 bridgehead atoms. The fraction of sp³-hybridized carbons (Fsp3) is 0.625. The molecule has 1 unspecified atom stereocenters. The van der Waals surface area contributed by atoms with Gasteiger partial charge >= 0.3 is 0 Å². The van der Waals surface area contributed by atoms with Crippen LogP contribution in [0.2, 0.25) is 0 Å². The smallest absolute Gasteiger partial charge is 0.0469 e. The molecule has 0 aromatic heterocycles. The first-order valence-corrected chi connectivity index (χ1v) is 8.03. The van der Waals surface area contributed by atoms with E-state index in [1.54, 1.807) is 0 Å². The SMILES string of the molecule is CCCCOCCC(CNC)Cc1ccccc1Br. The van der Waals surface area contributed by atoms with Crippen LogP contribution < -0.4 is 5.32 Å². The highest BCUT2D eigenvalue weighted by atomic mass is 79.9. The van der Waals surface area contributed by atoms with Gasteiger partial charge in [-0.15, -0.1) is 0 Å². The number of ether oxygens (including phenoxy) is 1. The fourth-order valence-corrected chi connectivity index (χ4v) is 2.59. The van der Waals surface area contributed by atoms with Crippen molar-refractivity contribution in [2.75, 3.05) is 26.8 Å². The van der Waals surface area contributed by atoms with E-state index < -0.39 is 0 Å². The van der Waals surface area contributed by atoms with Crippen LogP contribution in [0.15, 0.2) is 28.7 Å². The molecular weight excluding hydrogens is 302 g/mol. The maximum absolute atomic E-state index is 5.68. The third-order valence-electron chi connectivity index (χ3n) is 3.27. The topological polar surface area (TPSA) is 21.3 Å². The predicted octanol–water partition coefficient (Wildman–Crippen LogP) is 4.03. The highest BCUT2D eigenvalue weighted by Crippen LogP contribution is 2.20. The van der Waals surface area contributed by atoms with Crippen molar-refractivity contribution in [1.29, 1.82) is 0 Å². The second-order valence-corrected chi connectivity index (χ2v) is 5.83. The van der Waals surface area contributed by atoms with Crippen LogP contribution in [0.25, 0.3) is 0 Å². The minimum Gasteiger partial charge on any atom is -0.381 e. The number of hydrogen-bond donors (Lipinski definition) is 1. The largest absolute Gasteiger partial charge is 0.381 e. The van der Waals surface area contributed by atoms with Gasteiger partial charge in [-0.2, -0.15) is 0 Å². The Labute approximate surface area is 126 Å². The van der Waals surface area contributed by atoms with Gasteiger partial charge in [0, 0.05) is 17.7 Å². The normalized spacial score (nSPS) is 12.6. The number of nitrogens with one attached hydrogen (secondary N) is 1. The molecule has 1 N–H and O–H groups in total.